The lowest BCUT2D eigenvalue weighted by Gasteiger charge is -2.29. The second-order valence-electron chi connectivity index (χ2n) is 6.28. The Morgan fingerprint density at radius 1 is 1.24 bits per heavy atom. The van der Waals surface area contributed by atoms with E-state index in [2.05, 4.69) is 49.8 Å². The molecule has 1 fully saturated rings. The van der Waals surface area contributed by atoms with Crippen LogP contribution in [0.1, 0.15) is 12.6 Å². The first kappa shape index (κ1) is 15.8. The van der Waals surface area contributed by atoms with Gasteiger partial charge < -0.3 is 15.5 Å². The molecule has 2 aromatic heterocycles. The van der Waals surface area contributed by atoms with Gasteiger partial charge in [0, 0.05) is 49.4 Å². The molecule has 7 nitrogen and oxygen atoms in total. The summed E-state index contributed by atoms with van der Waals surface area (Å²) in [5.74, 6) is 1.79. The minimum Gasteiger partial charge on any atom is -0.367 e. The molecule has 25 heavy (non-hydrogen) atoms. The molecule has 1 aliphatic rings. The van der Waals surface area contributed by atoms with Crippen LogP contribution in [-0.2, 0) is 0 Å². The van der Waals surface area contributed by atoms with Crippen LogP contribution in [0.3, 0.4) is 0 Å². The summed E-state index contributed by atoms with van der Waals surface area (Å²) in [4.78, 5) is 11.9. The molecule has 0 saturated carbocycles. The lowest BCUT2D eigenvalue weighted by molar-refractivity contribution is 0.585. The number of hydrogen-bond acceptors (Lipinski definition) is 6. The van der Waals surface area contributed by atoms with Gasteiger partial charge in [-0.2, -0.15) is 5.10 Å². The summed E-state index contributed by atoms with van der Waals surface area (Å²) in [5.41, 5.74) is 3.99. The number of aromatic nitrogens is 4. The smallest absolute Gasteiger partial charge is 0.172 e. The van der Waals surface area contributed by atoms with Crippen LogP contribution in [0.5, 0.6) is 0 Å². The Morgan fingerprint density at radius 3 is 2.88 bits per heavy atom. The third-order valence-corrected chi connectivity index (χ3v) is 4.56. The first-order valence-electron chi connectivity index (χ1n) is 8.78. The van der Waals surface area contributed by atoms with Crippen molar-refractivity contribution >= 4 is 22.5 Å². The molecule has 1 saturated heterocycles. The summed E-state index contributed by atoms with van der Waals surface area (Å²) in [7, 11) is 0. The van der Waals surface area contributed by atoms with Crippen molar-refractivity contribution in [1.82, 2.24) is 25.5 Å². The van der Waals surface area contributed by atoms with Gasteiger partial charge in [-0.25, -0.2) is 9.97 Å². The van der Waals surface area contributed by atoms with E-state index < -0.39 is 0 Å². The van der Waals surface area contributed by atoms with E-state index in [9.17, 15) is 0 Å². The largest absolute Gasteiger partial charge is 0.367 e. The van der Waals surface area contributed by atoms with Crippen LogP contribution in [-0.4, -0.2) is 52.9 Å². The topological polar surface area (TPSA) is 81.8 Å². The third kappa shape index (κ3) is 3.02. The van der Waals surface area contributed by atoms with E-state index in [1.807, 2.05) is 19.2 Å². The number of nitrogens with one attached hydrogen (secondary N) is 3. The molecule has 130 valence electrons. The van der Waals surface area contributed by atoms with Crippen molar-refractivity contribution in [3.63, 3.8) is 0 Å². The Morgan fingerprint density at radius 2 is 2.08 bits per heavy atom. The fourth-order valence-corrected chi connectivity index (χ4v) is 3.21. The molecule has 0 bridgehead atoms. The lowest BCUT2D eigenvalue weighted by Crippen LogP contribution is -2.44. The van der Waals surface area contributed by atoms with Gasteiger partial charge in [0.15, 0.2) is 11.6 Å². The quantitative estimate of drug-likeness (QED) is 0.677. The van der Waals surface area contributed by atoms with E-state index in [0.717, 1.165) is 72.2 Å². The molecule has 0 amide bonds. The number of piperazine rings is 1. The van der Waals surface area contributed by atoms with E-state index in [4.69, 9.17) is 4.98 Å². The Hall–Kier alpha value is -2.67. The van der Waals surface area contributed by atoms with Crippen molar-refractivity contribution in [3.8, 4) is 11.3 Å². The number of aromatic amines is 1. The van der Waals surface area contributed by atoms with Crippen molar-refractivity contribution in [2.75, 3.05) is 42.9 Å². The number of fused-ring (bicyclic) bond motifs is 1. The second kappa shape index (κ2) is 6.68. The van der Waals surface area contributed by atoms with Gasteiger partial charge in [-0.15, -0.1) is 0 Å². The predicted octanol–water partition coefficient (Wildman–Crippen LogP) is 2.17. The normalized spacial score (nSPS) is 14.9. The average Bonchev–Trinajstić information content (AvgIpc) is 3.03. The number of nitrogens with zero attached hydrogens (tertiary/aromatic N) is 4. The van der Waals surface area contributed by atoms with Crippen LogP contribution < -0.4 is 15.5 Å². The van der Waals surface area contributed by atoms with Gasteiger partial charge in [-0.1, -0.05) is 6.07 Å². The van der Waals surface area contributed by atoms with E-state index in [-0.39, 0.29) is 0 Å². The van der Waals surface area contributed by atoms with E-state index in [1.165, 1.54) is 0 Å². The maximum absolute atomic E-state index is 4.95. The molecule has 0 aliphatic carbocycles. The number of rotatable bonds is 4. The molecule has 3 heterocycles. The highest BCUT2D eigenvalue weighted by molar-refractivity contribution is 5.86. The van der Waals surface area contributed by atoms with Gasteiger partial charge in [0.2, 0.25) is 0 Å². The minimum absolute atomic E-state index is 0.827. The molecule has 0 radical (unpaired) electrons. The molecule has 0 atom stereocenters. The molecule has 0 spiro atoms. The molecular weight excluding hydrogens is 314 g/mol. The summed E-state index contributed by atoms with van der Waals surface area (Å²) in [6.45, 7) is 8.76. The minimum atomic E-state index is 0.827. The summed E-state index contributed by atoms with van der Waals surface area (Å²) < 4.78 is 0. The number of hydrogen-bond donors (Lipinski definition) is 3. The molecule has 3 aromatic rings. The Balaban J connectivity index is 1.76. The first-order chi connectivity index (χ1) is 12.3. The van der Waals surface area contributed by atoms with E-state index in [1.54, 1.807) is 0 Å². The Kier molecular flexibility index (Phi) is 4.23. The summed E-state index contributed by atoms with van der Waals surface area (Å²) in [5, 5.41) is 15.2. The van der Waals surface area contributed by atoms with E-state index in [0.29, 0.717) is 0 Å². The monoisotopic (exact) mass is 337 g/mol. The fourth-order valence-electron chi connectivity index (χ4n) is 3.21. The summed E-state index contributed by atoms with van der Waals surface area (Å²) >= 11 is 0. The van der Waals surface area contributed by atoms with Gasteiger partial charge in [0.05, 0.1) is 17.4 Å². The Bertz CT molecular complexity index is 880. The molecule has 1 aliphatic heterocycles. The van der Waals surface area contributed by atoms with Crippen molar-refractivity contribution in [2.45, 2.75) is 13.8 Å². The first-order valence-corrected chi connectivity index (χ1v) is 8.78. The number of benzene rings is 1. The summed E-state index contributed by atoms with van der Waals surface area (Å²) in [6.07, 6.45) is 1.85. The third-order valence-electron chi connectivity index (χ3n) is 4.56. The van der Waals surface area contributed by atoms with Crippen LogP contribution in [0, 0.1) is 6.92 Å². The fraction of sp³-hybridized carbons (Fsp3) is 0.389. The second-order valence-corrected chi connectivity index (χ2v) is 6.28. The number of anilines is 2. The zero-order valence-corrected chi connectivity index (χ0v) is 14.6. The SMILES string of the molecule is CCNc1ncc(-c2ccc3n[nH]c(C)c3c2)nc1N1CCNCC1. The predicted molar refractivity (Wildman–Crippen MR) is 101 cm³/mol. The van der Waals surface area contributed by atoms with Gasteiger partial charge in [0.25, 0.3) is 0 Å². The van der Waals surface area contributed by atoms with Gasteiger partial charge in [-0.05, 0) is 26.0 Å². The maximum atomic E-state index is 4.95. The molecule has 7 heteroatoms. The van der Waals surface area contributed by atoms with Crippen molar-refractivity contribution in [1.29, 1.82) is 0 Å². The standard InChI is InChI=1S/C18H23N7/c1-3-20-17-18(25-8-6-19-7-9-25)22-16(11-21-17)13-4-5-15-14(10-13)12(2)23-24-15/h4-5,10-11,19H,3,6-9H2,1-2H3,(H,20,21)(H,23,24). The average molecular weight is 337 g/mol. The van der Waals surface area contributed by atoms with Crippen molar-refractivity contribution in [2.24, 2.45) is 0 Å². The molecule has 0 unspecified atom stereocenters. The maximum Gasteiger partial charge on any atom is 0.172 e. The number of aryl methyl sites for hydroxylation is 1. The number of H-pyrrole nitrogens is 1. The van der Waals surface area contributed by atoms with Crippen LogP contribution in [0.4, 0.5) is 11.6 Å². The van der Waals surface area contributed by atoms with Crippen LogP contribution in [0.15, 0.2) is 24.4 Å². The van der Waals surface area contributed by atoms with Gasteiger partial charge in [0.1, 0.15) is 0 Å². The zero-order valence-electron chi connectivity index (χ0n) is 14.6. The van der Waals surface area contributed by atoms with E-state index >= 15 is 0 Å². The molecule has 3 N–H and O–H groups in total. The van der Waals surface area contributed by atoms with Gasteiger partial charge >= 0.3 is 0 Å². The van der Waals surface area contributed by atoms with Crippen molar-refractivity contribution < 1.29 is 0 Å². The highest BCUT2D eigenvalue weighted by Gasteiger charge is 2.18. The Labute approximate surface area is 146 Å². The highest BCUT2D eigenvalue weighted by atomic mass is 15.3. The van der Waals surface area contributed by atoms with Gasteiger partial charge in [-0.3, -0.25) is 5.10 Å². The lowest BCUT2D eigenvalue weighted by atomic mass is 10.1. The molecule has 1 aromatic carbocycles. The van der Waals surface area contributed by atoms with Crippen LogP contribution >= 0.6 is 0 Å². The summed E-state index contributed by atoms with van der Waals surface area (Å²) in [6, 6.07) is 6.21. The molecule has 4 rings (SSSR count). The van der Waals surface area contributed by atoms with Crippen LogP contribution in [0.2, 0.25) is 0 Å². The molecular formula is C18H23N7. The highest BCUT2D eigenvalue weighted by Crippen LogP contribution is 2.28. The van der Waals surface area contributed by atoms with Crippen LogP contribution in [0.25, 0.3) is 22.2 Å². The van der Waals surface area contributed by atoms with Crippen molar-refractivity contribution in [3.05, 3.63) is 30.1 Å². The zero-order chi connectivity index (χ0) is 17.2.